The molecule has 0 radical (unpaired) electrons. The predicted octanol–water partition coefficient (Wildman–Crippen LogP) is 9.00. The number of carbonyl (C=O) groups excluding carboxylic acids is 4. The average Bonchev–Trinajstić information content (AvgIpc) is 3.51. The van der Waals surface area contributed by atoms with Crippen molar-refractivity contribution in [1.29, 1.82) is 0 Å². The zero-order chi connectivity index (χ0) is 33.7. The van der Waals surface area contributed by atoms with Crippen LogP contribution < -0.4 is 4.90 Å². The van der Waals surface area contributed by atoms with Crippen LogP contribution in [-0.2, 0) is 11.8 Å². The second-order valence-electron chi connectivity index (χ2n) is 13.4. The van der Waals surface area contributed by atoms with Gasteiger partial charge in [-0.25, -0.2) is 4.90 Å². The fourth-order valence-corrected chi connectivity index (χ4v) is 6.81. The van der Waals surface area contributed by atoms with E-state index in [1.807, 2.05) is 45.0 Å². The Morgan fingerprint density at radius 3 is 1.47 bits per heavy atom. The van der Waals surface area contributed by atoms with Crippen molar-refractivity contribution in [3.63, 3.8) is 0 Å². The average molecular weight is 627 g/mol. The summed E-state index contributed by atoms with van der Waals surface area (Å²) in [5.41, 5.74) is 6.61. The van der Waals surface area contributed by atoms with Crippen molar-refractivity contribution >= 4 is 29.3 Å². The molecule has 0 fully saturated rings. The Morgan fingerprint density at radius 1 is 0.511 bits per heavy atom. The number of hydrogen-bond donors (Lipinski definition) is 0. The van der Waals surface area contributed by atoms with Gasteiger partial charge in [0.1, 0.15) is 0 Å². The summed E-state index contributed by atoms with van der Waals surface area (Å²) in [6.07, 6.45) is 4.26. The van der Waals surface area contributed by atoms with Gasteiger partial charge in [-0.1, -0.05) is 83.1 Å². The molecule has 0 unspecified atom stereocenters. The summed E-state index contributed by atoms with van der Waals surface area (Å²) in [6.45, 7) is 12.7. The first-order valence-corrected chi connectivity index (χ1v) is 16.7. The first-order chi connectivity index (χ1) is 22.5. The monoisotopic (exact) mass is 626 g/mol. The van der Waals surface area contributed by atoms with E-state index in [1.165, 1.54) is 20.9 Å². The van der Waals surface area contributed by atoms with Crippen molar-refractivity contribution in [3.05, 3.63) is 124 Å². The van der Waals surface area contributed by atoms with Crippen LogP contribution in [0.15, 0.2) is 84.9 Å². The third-order valence-corrected chi connectivity index (χ3v) is 11.0. The molecule has 4 aromatic carbocycles. The number of hydrogen-bond acceptors (Lipinski definition) is 4. The van der Waals surface area contributed by atoms with Gasteiger partial charge in [0.05, 0.1) is 27.9 Å². The second-order valence-corrected chi connectivity index (χ2v) is 13.4. The third-order valence-electron chi connectivity index (χ3n) is 11.0. The summed E-state index contributed by atoms with van der Waals surface area (Å²) in [6, 6.07) is 26.8. The van der Waals surface area contributed by atoms with Gasteiger partial charge in [0.25, 0.3) is 23.6 Å². The van der Waals surface area contributed by atoms with E-state index < -0.39 is 5.54 Å². The molecule has 2 aliphatic heterocycles. The summed E-state index contributed by atoms with van der Waals surface area (Å²) in [7, 11) is 0. The SMILES string of the molecule is CCC(C)(CC)c1ccc(Cc2ccc(N3C(=O)c4ccc(-c5ccc6c(c5)C(=O)N(C(C)(CC)CC)C6=O)cc4C3=O)cc2)cc1. The van der Waals surface area contributed by atoms with Crippen LogP contribution in [0.5, 0.6) is 0 Å². The molecule has 6 rings (SSSR count). The van der Waals surface area contributed by atoms with Crippen LogP contribution in [0.2, 0.25) is 0 Å². The van der Waals surface area contributed by atoms with E-state index in [0.29, 0.717) is 51.9 Å². The maximum absolute atomic E-state index is 13.6. The molecule has 47 heavy (non-hydrogen) atoms. The van der Waals surface area contributed by atoms with E-state index in [0.717, 1.165) is 24.8 Å². The lowest BCUT2D eigenvalue weighted by Crippen LogP contribution is -2.48. The lowest BCUT2D eigenvalue weighted by atomic mass is 9.77. The highest BCUT2D eigenvalue weighted by molar-refractivity contribution is 6.34. The zero-order valence-corrected chi connectivity index (χ0v) is 28.1. The molecule has 0 spiro atoms. The lowest BCUT2D eigenvalue weighted by molar-refractivity contribution is 0.0434. The van der Waals surface area contributed by atoms with E-state index >= 15 is 0 Å². The maximum atomic E-state index is 13.6. The van der Waals surface area contributed by atoms with Gasteiger partial charge >= 0.3 is 0 Å². The van der Waals surface area contributed by atoms with Crippen molar-refractivity contribution in [1.82, 2.24) is 4.90 Å². The van der Waals surface area contributed by atoms with Crippen LogP contribution in [0.4, 0.5) is 5.69 Å². The third kappa shape index (κ3) is 5.30. The highest BCUT2D eigenvalue weighted by atomic mass is 16.2. The van der Waals surface area contributed by atoms with Gasteiger partial charge in [-0.3, -0.25) is 24.1 Å². The Labute approximate surface area is 277 Å². The molecule has 0 saturated carbocycles. The van der Waals surface area contributed by atoms with Crippen LogP contribution in [0, 0.1) is 0 Å². The maximum Gasteiger partial charge on any atom is 0.266 e. The number of benzene rings is 4. The van der Waals surface area contributed by atoms with Gasteiger partial charge in [-0.15, -0.1) is 0 Å². The highest BCUT2D eigenvalue weighted by Crippen LogP contribution is 2.37. The number of anilines is 1. The minimum Gasteiger partial charge on any atom is -0.269 e. The Morgan fingerprint density at radius 2 is 0.957 bits per heavy atom. The molecular weight excluding hydrogens is 584 g/mol. The topological polar surface area (TPSA) is 74.8 Å². The van der Waals surface area contributed by atoms with Crippen LogP contribution in [0.3, 0.4) is 0 Å². The largest absolute Gasteiger partial charge is 0.269 e. The van der Waals surface area contributed by atoms with Crippen molar-refractivity contribution in [2.75, 3.05) is 4.90 Å². The van der Waals surface area contributed by atoms with Gasteiger partial charge in [-0.2, -0.15) is 0 Å². The molecule has 6 nitrogen and oxygen atoms in total. The van der Waals surface area contributed by atoms with Crippen LogP contribution in [-0.4, -0.2) is 34.1 Å². The number of nitrogens with zero attached hydrogens (tertiary/aromatic N) is 2. The summed E-state index contributed by atoms with van der Waals surface area (Å²) >= 11 is 0. The van der Waals surface area contributed by atoms with Gasteiger partial charge in [-0.05, 0) is 109 Å². The molecule has 0 atom stereocenters. The summed E-state index contributed by atoms with van der Waals surface area (Å²) in [5.74, 6) is -1.32. The molecule has 0 bridgehead atoms. The van der Waals surface area contributed by atoms with E-state index in [4.69, 9.17) is 0 Å². The lowest BCUT2D eigenvalue weighted by Gasteiger charge is -2.35. The number of amides is 4. The predicted molar refractivity (Wildman–Crippen MR) is 186 cm³/mol. The van der Waals surface area contributed by atoms with E-state index in [-0.39, 0.29) is 29.0 Å². The van der Waals surface area contributed by atoms with Crippen molar-refractivity contribution in [3.8, 4) is 11.1 Å². The Kier molecular flexibility index (Phi) is 8.25. The molecule has 0 N–H and O–H groups in total. The van der Waals surface area contributed by atoms with Gasteiger partial charge < -0.3 is 0 Å². The minimum atomic E-state index is -0.563. The Hall–Kier alpha value is -4.84. The standard InChI is InChI=1S/C41H42N2O4/c1-7-40(5,8-2)30-17-11-26(12-18-30)23-27-13-19-31(20-14-27)42-36(44)32-21-15-28(24-34(32)37(42)45)29-16-22-33-35(25-29)39(47)43(38(33)46)41(6,9-3)10-4/h11-22,24-25H,7-10,23H2,1-6H3. The molecule has 6 heteroatoms. The number of carbonyl (C=O) groups is 4. The van der Waals surface area contributed by atoms with Crippen LogP contribution >= 0.6 is 0 Å². The fourth-order valence-electron chi connectivity index (χ4n) is 6.81. The normalized spacial score (nSPS) is 14.7. The fraction of sp³-hybridized carbons (Fsp3) is 0.317. The first-order valence-electron chi connectivity index (χ1n) is 16.7. The molecule has 0 aromatic heterocycles. The molecule has 0 saturated heterocycles. The molecule has 0 aliphatic carbocycles. The van der Waals surface area contributed by atoms with Crippen molar-refractivity contribution in [2.24, 2.45) is 0 Å². The van der Waals surface area contributed by atoms with E-state index in [9.17, 15) is 19.2 Å². The Balaban J connectivity index is 1.21. The molecule has 2 heterocycles. The van der Waals surface area contributed by atoms with Crippen LogP contribution in [0.1, 0.15) is 125 Å². The van der Waals surface area contributed by atoms with E-state index in [1.54, 1.807) is 36.4 Å². The quantitative estimate of drug-likeness (QED) is 0.165. The van der Waals surface area contributed by atoms with Crippen LogP contribution in [0.25, 0.3) is 11.1 Å². The summed E-state index contributed by atoms with van der Waals surface area (Å²) in [4.78, 5) is 56.3. The van der Waals surface area contributed by atoms with Gasteiger partial charge in [0.2, 0.25) is 0 Å². The summed E-state index contributed by atoms with van der Waals surface area (Å²) < 4.78 is 0. The van der Waals surface area contributed by atoms with Crippen molar-refractivity contribution in [2.45, 2.75) is 84.6 Å². The van der Waals surface area contributed by atoms with E-state index in [2.05, 4.69) is 45.0 Å². The molecule has 4 aromatic rings. The highest BCUT2D eigenvalue weighted by Gasteiger charge is 2.45. The first kappa shape index (κ1) is 32.1. The smallest absolute Gasteiger partial charge is 0.266 e. The molecule has 2 aliphatic rings. The molecule has 4 amide bonds. The van der Waals surface area contributed by atoms with Gasteiger partial charge in [0.15, 0.2) is 0 Å². The molecular formula is C41H42N2O4. The number of rotatable bonds is 10. The summed E-state index contributed by atoms with van der Waals surface area (Å²) in [5, 5.41) is 0. The number of fused-ring (bicyclic) bond motifs is 2. The number of imide groups is 2. The molecule has 240 valence electrons. The van der Waals surface area contributed by atoms with Gasteiger partial charge in [0, 0.05) is 5.54 Å². The zero-order valence-electron chi connectivity index (χ0n) is 28.1. The Bertz CT molecular complexity index is 1900. The minimum absolute atomic E-state index is 0.182. The van der Waals surface area contributed by atoms with Crippen molar-refractivity contribution < 1.29 is 19.2 Å². The second kappa shape index (κ2) is 12.1.